The number of carbonyl (C=O) groups excluding carboxylic acids is 1. The molecule has 0 radical (unpaired) electrons. The van der Waals surface area contributed by atoms with E-state index in [0.29, 0.717) is 11.3 Å². The van der Waals surface area contributed by atoms with Crippen LogP contribution in [-0.4, -0.2) is 29.1 Å². The minimum Gasteiger partial charge on any atom is -0.294 e. The highest BCUT2D eigenvalue weighted by Gasteiger charge is 2.43. The second-order valence-corrected chi connectivity index (χ2v) is 9.06. The van der Waals surface area contributed by atoms with Crippen molar-refractivity contribution in [1.29, 1.82) is 0 Å². The molecule has 1 aliphatic rings. The molecule has 0 bridgehead atoms. The lowest BCUT2D eigenvalue weighted by molar-refractivity contribution is -0.114. The number of benzene rings is 1. The maximum absolute atomic E-state index is 12.4. The van der Waals surface area contributed by atoms with Crippen molar-refractivity contribution in [2.75, 3.05) is 0 Å². The topological polar surface area (TPSA) is 63.6 Å². The van der Waals surface area contributed by atoms with E-state index in [2.05, 4.69) is 36.3 Å². The molecule has 21 heavy (non-hydrogen) atoms. The second-order valence-electron chi connectivity index (χ2n) is 4.90. The Morgan fingerprint density at radius 3 is 2.38 bits per heavy atom. The van der Waals surface area contributed by atoms with Gasteiger partial charge in [0.25, 0.3) is 10.0 Å². The largest absolute Gasteiger partial charge is 0.294 e. The fraction of sp³-hybridized carbons (Fsp3) is 0.286. The number of hydrogen-bond acceptors (Lipinski definition) is 3. The van der Waals surface area contributed by atoms with Crippen molar-refractivity contribution in [3.05, 3.63) is 42.0 Å². The highest BCUT2D eigenvalue weighted by atomic mass is 79.9. The predicted molar refractivity (Wildman–Crippen MR) is 89.9 cm³/mol. The molecule has 1 aromatic rings. The van der Waals surface area contributed by atoms with Gasteiger partial charge in [-0.05, 0) is 37.6 Å². The van der Waals surface area contributed by atoms with Gasteiger partial charge in [0.2, 0.25) is 0 Å². The van der Waals surface area contributed by atoms with Crippen molar-refractivity contribution >= 4 is 53.4 Å². The molecule has 0 spiro atoms. The standard InChI is InChI=1S/C14H13Br2NO3S/c1-9-8-11(18)12(15)14(2,16)13(9)17-21(19,20)10-6-4-3-5-7-10/h3-8,12H,1-2H3/t12-,14-/m0/s1. The monoisotopic (exact) mass is 433 g/mol. The first kappa shape index (κ1) is 16.6. The zero-order chi connectivity index (χ0) is 15.8. The summed E-state index contributed by atoms with van der Waals surface area (Å²) in [5.74, 6) is -0.122. The maximum Gasteiger partial charge on any atom is 0.282 e. The summed E-state index contributed by atoms with van der Waals surface area (Å²) in [5.41, 5.74) is 0.863. The Hall–Kier alpha value is -0.790. The number of rotatable bonds is 2. The van der Waals surface area contributed by atoms with Gasteiger partial charge in [0.05, 0.1) is 19.8 Å². The predicted octanol–water partition coefficient (Wildman–Crippen LogP) is 3.26. The number of hydrogen-bond donors (Lipinski definition) is 0. The van der Waals surface area contributed by atoms with Crippen molar-refractivity contribution in [3.8, 4) is 0 Å². The smallest absolute Gasteiger partial charge is 0.282 e. The summed E-state index contributed by atoms with van der Waals surface area (Å²) in [7, 11) is -3.82. The van der Waals surface area contributed by atoms with E-state index in [9.17, 15) is 13.2 Å². The number of halogens is 2. The van der Waals surface area contributed by atoms with Gasteiger partial charge >= 0.3 is 0 Å². The van der Waals surface area contributed by atoms with Gasteiger partial charge in [-0.1, -0.05) is 50.1 Å². The minimum absolute atomic E-state index is 0.122. The van der Waals surface area contributed by atoms with Gasteiger partial charge < -0.3 is 0 Å². The highest BCUT2D eigenvalue weighted by Crippen LogP contribution is 2.37. The van der Waals surface area contributed by atoms with Gasteiger partial charge in [-0.3, -0.25) is 4.79 Å². The summed E-state index contributed by atoms with van der Waals surface area (Å²) in [6.45, 7) is 3.40. The Kier molecular flexibility index (Phi) is 4.56. The Morgan fingerprint density at radius 2 is 1.81 bits per heavy atom. The van der Waals surface area contributed by atoms with E-state index in [1.807, 2.05) is 0 Å². The van der Waals surface area contributed by atoms with Gasteiger partial charge in [-0.15, -0.1) is 0 Å². The summed E-state index contributed by atoms with van der Waals surface area (Å²) >= 11 is 6.72. The Balaban J connectivity index is 2.59. The van der Waals surface area contributed by atoms with Crippen LogP contribution in [0, 0.1) is 0 Å². The molecule has 2 atom stereocenters. The van der Waals surface area contributed by atoms with Crippen LogP contribution in [0.5, 0.6) is 0 Å². The van der Waals surface area contributed by atoms with Crippen LogP contribution in [0.4, 0.5) is 0 Å². The molecule has 0 aliphatic heterocycles. The molecule has 112 valence electrons. The minimum atomic E-state index is -3.82. The summed E-state index contributed by atoms with van der Waals surface area (Å²) in [5, 5.41) is 0. The lowest BCUT2D eigenvalue weighted by atomic mass is 9.88. The summed E-state index contributed by atoms with van der Waals surface area (Å²) in [4.78, 5) is 11.4. The van der Waals surface area contributed by atoms with Crippen LogP contribution in [0.15, 0.2) is 51.3 Å². The fourth-order valence-corrected chi connectivity index (χ4v) is 4.33. The average molecular weight is 435 g/mol. The first-order valence-electron chi connectivity index (χ1n) is 6.12. The van der Waals surface area contributed by atoms with Crippen molar-refractivity contribution in [3.63, 3.8) is 0 Å². The second kappa shape index (κ2) is 5.78. The zero-order valence-corrected chi connectivity index (χ0v) is 15.4. The third kappa shape index (κ3) is 3.19. The number of allylic oxidation sites excluding steroid dienone is 2. The van der Waals surface area contributed by atoms with E-state index in [1.54, 1.807) is 32.0 Å². The molecular formula is C14H13Br2NO3S. The molecule has 0 amide bonds. The molecule has 0 saturated carbocycles. The molecule has 0 N–H and O–H groups in total. The quantitative estimate of drug-likeness (QED) is 0.671. The van der Waals surface area contributed by atoms with Crippen LogP contribution in [-0.2, 0) is 14.8 Å². The van der Waals surface area contributed by atoms with Gasteiger partial charge in [-0.2, -0.15) is 12.8 Å². The molecule has 1 aliphatic carbocycles. The van der Waals surface area contributed by atoms with Crippen LogP contribution in [0.2, 0.25) is 0 Å². The Labute approximate surface area is 140 Å². The lowest BCUT2D eigenvalue weighted by Crippen LogP contribution is -2.46. The Bertz CT molecular complexity index is 737. The third-order valence-electron chi connectivity index (χ3n) is 3.17. The van der Waals surface area contributed by atoms with Crippen molar-refractivity contribution < 1.29 is 13.2 Å². The molecule has 4 nitrogen and oxygen atoms in total. The molecular weight excluding hydrogens is 422 g/mol. The van der Waals surface area contributed by atoms with Gasteiger partial charge in [-0.25, -0.2) is 0 Å². The average Bonchev–Trinajstić information content (AvgIpc) is 2.43. The number of sulfonamides is 1. The lowest BCUT2D eigenvalue weighted by Gasteiger charge is -2.32. The molecule has 0 aromatic heterocycles. The molecule has 0 saturated heterocycles. The number of carbonyl (C=O) groups is 1. The highest BCUT2D eigenvalue weighted by molar-refractivity contribution is 9.13. The van der Waals surface area contributed by atoms with Crippen LogP contribution >= 0.6 is 31.9 Å². The summed E-state index contributed by atoms with van der Waals surface area (Å²) in [6.07, 6.45) is 1.40. The molecule has 0 unspecified atom stereocenters. The fourth-order valence-electron chi connectivity index (χ4n) is 2.05. The van der Waals surface area contributed by atoms with E-state index in [4.69, 9.17) is 0 Å². The van der Waals surface area contributed by atoms with Gasteiger partial charge in [0.1, 0.15) is 0 Å². The van der Waals surface area contributed by atoms with Gasteiger partial charge in [0.15, 0.2) is 5.78 Å². The van der Waals surface area contributed by atoms with Crippen molar-refractivity contribution in [1.82, 2.24) is 0 Å². The SMILES string of the molecule is CC1=CC(=O)[C@H](Br)[C@](C)(Br)C1=NS(=O)(=O)c1ccccc1. The molecule has 7 heteroatoms. The number of ketones is 1. The normalized spacial score (nSPS) is 28.6. The van der Waals surface area contributed by atoms with Crippen molar-refractivity contribution in [2.24, 2.45) is 4.40 Å². The molecule has 1 aromatic carbocycles. The van der Waals surface area contributed by atoms with Crippen LogP contribution in [0.25, 0.3) is 0 Å². The first-order valence-corrected chi connectivity index (χ1v) is 9.27. The van der Waals surface area contributed by atoms with E-state index in [1.165, 1.54) is 18.2 Å². The van der Waals surface area contributed by atoms with Crippen molar-refractivity contribution in [2.45, 2.75) is 27.9 Å². The molecule has 2 rings (SSSR count). The first-order chi connectivity index (χ1) is 9.66. The van der Waals surface area contributed by atoms with E-state index in [-0.39, 0.29) is 10.7 Å². The molecule has 0 fully saturated rings. The number of alkyl halides is 2. The Morgan fingerprint density at radius 1 is 1.24 bits per heavy atom. The van der Waals surface area contributed by atoms with Crippen LogP contribution in [0.3, 0.4) is 0 Å². The van der Waals surface area contributed by atoms with E-state index < -0.39 is 19.2 Å². The number of nitrogens with zero attached hydrogens (tertiary/aromatic N) is 1. The van der Waals surface area contributed by atoms with Crippen LogP contribution in [0.1, 0.15) is 13.8 Å². The van der Waals surface area contributed by atoms with E-state index >= 15 is 0 Å². The summed E-state index contributed by atoms with van der Waals surface area (Å²) < 4.78 is 27.8. The van der Waals surface area contributed by atoms with E-state index in [0.717, 1.165) is 0 Å². The molecule has 0 heterocycles. The maximum atomic E-state index is 12.4. The zero-order valence-electron chi connectivity index (χ0n) is 11.4. The van der Waals surface area contributed by atoms with Crippen LogP contribution < -0.4 is 0 Å². The third-order valence-corrected chi connectivity index (χ3v) is 7.28. The summed E-state index contributed by atoms with van der Waals surface area (Å²) in [6, 6.07) is 7.99. The van der Waals surface area contributed by atoms with Gasteiger partial charge in [0, 0.05) is 0 Å².